The van der Waals surface area contributed by atoms with Gasteiger partial charge in [0, 0.05) is 5.92 Å². The van der Waals surface area contributed by atoms with E-state index in [0.29, 0.717) is 17.8 Å². The van der Waals surface area contributed by atoms with Gasteiger partial charge < -0.3 is 4.74 Å². The first-order valence-electron chi connectivity index (χ1n) is 10.8. The van der Waals surface area contributed by atoms with Crippen LogP contribution in [0.25, 0.3) is 0 Å². The largest absolute Gasteiger partial charge is 0.454 e. The summed E-state index contributed by atoms with van der Waals surface area (Å²) < 4.78 is 6.36. The molecule has 5 rings (SSSR count). The van der Waals surface area contributed by atoms with Gasteiger partial charge in [-0.05, 0) is 62.3 Å². The summed E-state index contributed by atoms with van der Waals surface area (Å²) in [6.07, 6.45) is 11.0. The average Bonchev–Trinajstić information content (AvgIpc) is 3.03. The highest BCUT2D eigenvalue weighted by Gasteiger charge is 2.63. The van der Waals surface area contributed by atoms with Crippen molar-refractivity contribution in [2.75, 3.05) is 0 Å². The van der Waals surface area contributed by atoms with Gasteiger partial charge in [0.05, 0.1) is 5.92 Å². The summed E-state index contributed by atoms with van der Waals surface area (Å²) in [4.78, 5) is 13.2. The van der Waals surface area contributed by atoms with E-state index in [0.717, 1.165) is 6.42 Å². The lowest BCUT2D eigenvalue weighted by Gasteiger charge is -2.49. The number of esters is 1. The number of rotatable bonds is 2. The summed E-state index contributed by atoms with van der Waals surface area (Å²) >= 11 is 0. The average molecular weight is 351 g/mol. The topological polar surface area (TPSA) is 26.3 Å². The van der Waals surface area contributed by atoms with Crippen LogP contribution in [-0.2, 0) is 15.1 Å². The molecule has 4 aliphatic rings. The van der Waals surface area contributed by atoms with E-state index in [4.69, 9.17) is 4.74 Å². The van der Waals surface area contributed by atoms with Gasteiger partial charge in [0.2, 0.25) is 0 Å². The molecule has 0 radical (unpaired) electrons. The molecule has 5 atom stereocenters. The molecule has 1 saturated heterocycles. The van der Waals surface area contributed by atoms with Crippen molar-refractivity contribution in [2.24, 2.45) is 23.7 Å². The molecule has 2 heteroatoms. The predicted octanol–water partition coefficient (Wildman–Crippen LogP) is 5.77. The van der Waals surface area contributed by atoms with Crippen LogP contribution in [0.5, 0.6) is 0 Å². The van der Waals surface area contributed by atoms with Gasteiger partial charge >= 0.3 is 5.97 Å². The highest BCUT2D eigenvalue weighted by atomic mass is 16.6. The summed E-state index contributed by atoms with van der Waals surface area (Å²) in [6.45, 7) is 2.21. The van der Waals surface area contributed by atoms with E-state index in [-0.39, 0.29) is 11.9 Å². The number of fused-ring (bicyclic) bond motifs is 5. The van der Waals surface area contributed by atoms with Crippen molar-refractivity contribution in [2.45, 2.75) is 70.3 Å². The first-order chi connectivity index (χ1) is 12.8. The van der Waals surface area contributed by atoms with Crippen LogP contribution in [0.3, 0.4) is 0 Å². The number of allylic oxidation sites excluding steroid dienone is 2. The maximum atomic E-state index is 13.2. The Hall–Kier alpha value is -1.57. The standard InChI is InChI=1S/C24H30O2/c1-2-24(16-10-4-3-5-11-16)22-20-15-9-7-13-18(20)17-12-6-8-14-19(17)21(22)23(25)26-24/h3-5,10-11,19-22H,2,6-9,12-15H2,1H3/t19-,20+,21-,22+,24-/m0/s1. The minimum Gasteiger partial charge on any atom is -0.454 e. The number of hydrogen-bond donors (Lipinski definition) is 0. The summed E-state index contributed by atoms with van der Waals surface area (Å²) in [5, 5.41) is 0. The van der Waals surface area contributed by atoms with Crippen LogP contribution in [0.15, 0.2) is 41.5 Å². The van der Waals surface area contributed by atoms with Crippen molar-refractivity contribution >= 4 is 5.97 Å². The van der Waals surface area contributed by atoms with Crippen LogP contribution in [0.2, 0.25) is 0 Å². The zero-order valence-corrected chi connectivity index (χ0v) is 15.9. The lowest BCUT2D eigenvalue weighted by Crippen LogP contribution is -2.46. The molecule has 0 bridgehead atoms. The van der Waals surface area contributed by atoms with Gasteiger partial charge in [-0.15, -0.1) is 0 Å². The normalized spacial score (nSPS) is 39.0. The van der Waals surface area contributed by atoms with Gasteiger partial charge in [-0.1, -0.05) is 61.2 Å². The smallest absolute Gasteiger partial charge is 0.310 e. The molecule has 0 N–H and O–H groups in total. The molecule has 1 aliphatic heterocycles. The van der Waals surface area contributed by atoms with Gasteiger partial charge in [-0.2, -0.15) is 0 Å². The second kappa shape index (κ2) is 6.25. The second-order valence-electron chi connectivity index (χ2n) is 8.84. The molecule has 0 amide bonds. The molecule has 1 heterocycles. The molecule has 138 valence electrons. The number of benzene rings is 1. The van der Waals surface area contributed by atoms with Crippen molar-refractivity contribution < 1.29 is 9.53 Å². The van der Waals surface area contributed by atoms with Crippen molar-refractivity contribution in [3.05, 3.63) is 47.0 Å². The van der Waals surface area contributed by atoms with Crippen LogP contribution >= 0.6 is 0 Å². The Balaban J connectivity index is 1.68. The molecule has 0 spiro atoms. The van der Waals surface area contributed by atoms with E-state index in [9.17, 15) is 4.79 Å². The van der Waals surface area contributed by atoms with Crippen LogP contribution in [0.1, 0.15) is 70.3 Å². The maximum absolute atomic E-state index is 13.2. The molecule has 3 fully saturated rings. The van der Waals surface area contributed by atoms with Crippen molar-refractivity contribution in [3.8, 4) is 0 Å². The molecule has 1 aromatic rings. The van der Waals surface area contributed by atoms with Gasteiger partial charge in [-0.25, -0.2) is 0 Å². The highest BCUT2D eigenvalue weighted by Crippen LogP contribution is 2.62. The zero-order chi connectivity index (χ0) is 17.7. The summed E-state index contributed by atoms with van der Waals surface area (Å²) in [7, 11) is 0. The van der Waals surface area contributed by atoms with E-state index in [1.54, 1.807) is 11.1 Å². The number of carbonyl (C=O) groups excluding carboxylic acids is 1. The van der Waals surface area contributed by atoms with Crippen molar-refractivity contribution in [3.63, 3.8) is 0 Å². The highest BCUT2D eigenvalue weighted by molar-refractivity contribution is 5.78. The van der Waals surface area contributed by atoms with Crippen LogP contribution in [-0.4, -0.2) is 5.97 Å². The molecule has 2 nitrogen and oxygen atoms in total. The molecular weight excluding hydrogens is 320 g/mol. The second-order valence-corrected chi connectivity index (χ2v) is 8.84. The third-order valence-corrected chi connectivity index (χ3v) is 7.86. The lowest BCUT2D eigenvalue weighted by molar-refractivity contribution is -0.153. The molecular formula is C24H30O2. The number of carbonyl (C=O) groups is 1. The van der Waals surface area contributed by atoms with Gasteiger partial charge in [0.1, 0.15) is 5.60 Å². The SMILES string of the molecule is CC[C@@]1(c2ccccc2)OC(=O)[C@@H]2[C@H]1[C@@H]1CCCCC1=C1CCCC[C@@H]12. The number of hydrogen-bond acceptors (Lipinski definition) is 2. The molecule has 3 aliphatic carbocycles. The fraction of sp³-hybridized carbons (Fsp3) is 0.625. The Kier molecular flexibility index (Phi) is 3.99. The summed E-state index contributed by atoms with van der Waals surface area (Å²) in [5.74, 6) is 1.55. The minimum atomic E-state index is -0.417. The van der Waals surface area contributed by atoms with Crippen LogP contribution < -0.4 is 0 Å². The maximum Gasteiger partial charge on any atom is 0.310 e. The Morgan fingerprint density at radius 3 is 2.31 bits per heavy atom. The lowest BCUT2D eigenvalue weighted by atomic mass is 9.53. The Morgan fingerprint density at radius 2 is 1.62 bits per heavy atom. The van der Waals surface area contributed by atoms with Crippen molar-refractivity contribution in [1.82, 2.24) is 0 Å². The first kappa shape index (κ1) is 16.6. The van der Waals surface area contributed by atoms with Gasteiger partial charge in [-0.3, -0.25) is 4.79 Å². The molecule has 2 saturated carbocycles. The van der Waals surface area contributed by atoms with Gasteiger partial charge in [0.15, 0.2) is 0 Å². The minimum absolute atomic E-state index is 0.0923. The molecule has 26 heavy (non-hydrogen) atoms. The summed E-state index contributed by atoms with van der Waals surface area (Å²) in [5.41, 5.74) is 4.22. The monoisotopic (exact) mass is 350 g/mol. The number of cyclic esters (lactones) is 1. The molecule has 0 aromatic heterocycles. The quantitative estimate of drug-likeness (QED) is 0.500. The van der Waals surface area contributed by atoms with Crippen molar-refractivity contribution in [1.29, 1.82) is 0 Å². The predicted molar refractivity (Wildman–Crippen MR) is 102 cm³/mol. The van der Waals surface area contributed by atoms with E-state index < -0.39 is 5.60 Å². The first-order valence-corrected chi connectivity index (χ1v) is 10.8. The van der Waals surface area contributed by atoms with E-state index in [1.807, 2.05) is 0 Å². The van der Waals surface area contributed by atoms with Gasteiger partial charge in [0.25, 0.3) is 0 Å². The number of ether oxygens (including phenoxy) is 1. The zero-order valence-electron chi connectivity index (χ0n) is 15.9. The fourth-order valence-corrected chi connectivity index (χ4v) is 6.89. The third kappa shape index (κ3) is 2.20. The van der Waals surface area contributed by atoms with E-state index >= 15 is 0 Å². The van der Waals surface area contributed by atoms with Crippen LogP contribution in [0, 0.1) is 23.7 Å². The third-order valence-electron chi connectivity index (χ3n) is 7.86. The van der Waals surface area contributed by atoms with E-state index in [1.165, 1.54) is 56.9 Å². The molecule has 1 aromatic carbocycles. The molecule has 0 unspecified atom stereocenters. The summed E-state index contributed by atoms with van der Waals surface area (Å²) in [6, 6.07) is 10.6. The Morgan fingerprint density at radius 1 is 0.962 bits per heavy atom. The van der Waals surface area contributed by atoms with Crippen LogP contribution in [0.4, 0.5) is 0 Å². The fourth-order valence-electron chi connectivity index (χ4n) is 6.89. The Labute approximate surface area is 157 Å². The Bertz CT molecular complexity index is 734. The van der Waals surface area contributed by atoms with E-state index in [2.05, 4.69) is 37.3 Å².